The number of methoxy groups -OCH3 is 1. The highest BCUT2D eigenvalue weighted by Gasteiger charge is 2.43. The van der Waals surface area contributed by atoms with E-state index >= 15 is 0 Å². The quantitative estimate of drug-likeness (QED) is 0.387. The van der Waals surface area contributed by atoms with E-state index in [9.17, 15) is 22.8 Å². The van der Waals surface area contributed by atoms with Crippen molar-refractivity contribution >= 4 is 17.5 Å². The molecule has 2 heterocycles. The van der Waals surface area contributed by atoms with Crippen LogP contribution in [-0.2, 0) is 28.7 Å². The number of hydrogen-bond acceptors (Lipinski definition) is 4. The monoisotopic (exact) mass is 536 g/mol. The number of benzene rings is 1. The Labute approximate surface area is 223 Å². The molecule has 1 aromatic carbocycles. The first-order chi connectivity index (χ1) is 17.9. The zero-order valence-corrected chi connectivity index (χ0v) is 23.2. The van der Waals surface area contributed by atoms with Crippen LogP contribution in [0.4, 0.5) is 13.2 Å². The first-order valence-electron chi connectivity index (χ1n) is 12.5. The topological polar surface area (TPSA) is 67.7 Å². The van der Waals surface area contributed by atoms with Crippen molar-refractivity contribution in [3.63, 3.8) is 0 Å². The number of ether oxygens (including phenoxy) is 1. The maximum Gasteiger partial charge on any atom is 0.435 e. The van der Waals surface area contributed by atoms with E-state index in [1.807, 2.05) is 51.1 Å². The highest BCUT2D eigenvalue weighted by molar-refractivity contribution is 5.96. The lowest BCUT2D eigenvalue weighted by Crippen LogP contribution is -2.41. The van der Waals surface area contributed by atoms with Crippen molar-refractivity contribution in [2.75, 3.05) is 27.2 Å². The Kier molecular flexibility index (Phi) is 12.8. The van der Waals surface area contributed by atoms with Gasteiger partial charge >= 0.3 is 6.18 Å². The number of fused-ring (bicyclic) bond motifs is 1. The van der Waals surface area contributed by atoms with Crippen LogP contribution in [0.5, 0.6) is 0 Å². The van der Waals surface area contributed by atoms with Crippen LogP contribution in [0.25, 0.3) is 5.70 Å². The normalized spacial score (nSPS) is 12.3. The number of allylic oxidation sites excluding steroid dienone is 2. The third kappa shape index (κ3) is 8.78. The van der Waals surface area contributed by atoms with E-state index in [0.29, 0.717) is 6.54 Å². The number of carbonyl (C=O) groups excluding carboxylic acids is 2. The van der Waals surface area contributed by atoms with Crippen molar-refractivity contribution in [3.8, 4) is 0 Å². The van der Waals surface area contributed by atoms with Crippen LogP contribution in [0.3, 0.4) is 0 Å². The molecular weight excluding hydrogens is 497 g/mol. The van der Waals surface area contributed by atoms with Crippen molar-refractivity contribution in [2.45, 2.75) is 59.7 Å². The third-order valence-corrected chi connectivity index (χ3v) is 5.70. The SMILES string of the molecule is C=C(C)n1nc(C(F)(F)F)c2c1C(=O)N(CCC(=O)N(C)Cc1ccccc1)CC2.C=C(CC)OC.CC. The van der Waals surface area contributed by atoms with Gasteiger partial charge in [0.15, 0.2) is 5.69 Å². The average molecular weight is 537 g/mol. The van der Waals surface area contributed by atoms with Gasteiger partial charge in [0.2, 0.25) is 5.91 Å². The molecule has 0 N–H and O–H groups in total. The molecule has 0 radical (unpaired) electrons. The number of carbonyl (C=O) groups is 2. The summed E-state index contributed by atoms with van der Waals surface area (Å²) >= 11 is 0. The molecule has 0 atom stereocenters. The fraction of sp³-hybridized carbons (Fsp3) is 0.464. The van der Waals surface area contributed by atoms with Crippen LogP contribution in [0.1, 0.15) is 67.8 Å². The maximum absolute atomic E-state index is 13.3. The zero-order chi connectivity index (χ0) is 29.0. The van der Waals surface area contributed by atoms with Crippen LogP contribution in [-0.4, -0.2) is 58.6 Å². The largest absolute Gasteiger partial charge is 0.502 e. The second-order valence-electron chi connectivity index (χ2n) is 8.44. The fourth-order valence-corrected chi connectivity index (χ4v) is 3.63. The average Bonchev–Trinajstić information content (AvgIpc) is 3.31. The minimum Gasteiger partial charge on any atom is -0.502 e. The van der Waals surface area contributed by atoms with Gasteiger partial charge in [-0.05, 0) is 18.9 Å². The van der Waals surface area contributed by atoms with Crippen LogP contribution < -0.4 is 0 Å². The van der Waals surface area contributed by atoms with E-state index in [0.717, 1.165) is 22.4 Å². The van der Waals surface area contributed by atoms with E-state index in [-0.39, 0.29) is 48.8 Å². The van der Waals surface area contributed by atoms with E-state index in [2.05, 4.69) is 18.3 Å². The number of nitrogens with zero attached hydrogens (tertiary/aromatic N) is 4. The molecule has 2 aromatic rings. The lowest BCUT2D eigenvalue weighted by Gasteiger charge is -2.28. The zero-order valence-electron chi connectivity index (χ0n) is 23.2. The van der Waals surface area contributed by atoms with Gasteiger partial charge < -0.3 is 14.5 Å². The van der Waals surface area contributed by atoms with Gasteiger partial charge in [-0.2, -0.15) is 18.3 Å². The second-order valence-corrected chi connectivity index (χ2v) is 8.44. The Balaban J connectivity index is 0.000000795. The van der Waals surface area contributed by atoms with Crippen LogP contribution in [0, 0.1) is 0 Å². The molecule has 10 heteroatoms. The molecule has 38 heavy (non-hydrogen) atoms. The minimum absolute atomic E-state index is 0.0250. The molecule has 0 saturated heterocycles. The fourth-order valence-electron chi connectivity index (χ4n) is 3.63. The molecule has 2 amide bonds. The Bertz CT molecular complexity index is 1090. The highest BCUT2D eigenvalue weighted by atomic mass is 19.4. The smallest absolute Gasteiger partial charge is 0.435 e. The summed E-state index contributed by atoms with van der Waals surface area (Å²) in [6.07, 6.45) is -3.63. The number of hydrogen-bond donors (Lipinski definition) is 0. The van der Waals surface area contributed by atoms with Gasteiger partial charge in [0, 0.05) is 50.8 Å². The Morgan fingerprint density at radius 1 is 1.18 bits per heavy atom. The molecule has 1 aliphatic rings. The first-order valence-corrected chi connectivity index (χ1v) is 12.5. The van der Waals surface area contributed by atoms with Gasteiger partial charge in [-0.25, -0.2) is 4.68 Å². The van der Waals surface area contributed by atoms with E-state index in [4.69, 9.17) is 4.74 Å². The second kappa shape index (κ2) is 15.0. The maximum atomic E-state index is 13.3. The molecule has 0 bridgehead atoms. The summed E-state index contributed by atoms with van der Waals surface area (Å²) in [5, 5.41) is 3.59. The number of amides is 2. The van der Waals surface area contributed by atoms with E-state index in [1.54, 1.807) is 19.1 Å². The van der Waals surface area contributed by atoms with Crippen molar-refractivity contribution in [1.82, 2.24) is 19.6 Å². The molecule has 1 aliphatic heterocycles. The lowest BCUT2D eigenvalue weighted by atomic mass is 10.0. The molecule has 0 fully saturated rings. The summed E-state index contributed by atoms with van der Waals surface area (Å²) in [4.78, 5) is 28.3. The molecule has 0 aliphatic carbocycles. The number of alkyl halides is 3. The van der Waals surface area contributed by atoms with E-state index < -0.39 is 17.8 Å². The number of aromatic nitrogens is 2. The summed E-state index contributed by atoms with van der Waals surface area (Å²) in [7, 11) is 3.31. The molecule has 3 rings (SSSR count). The molecule has 0 spiro atoms. The molecule has 210 valence electrons. The predicted octanol–water partition coefficient (Wildman–Crippen LogP) is 6.02. The predicted molar refractivity (Wildman–Crippen MR) is 143 cm³/mol. The first kappa shape index (κ1) is 32.5. The summed E-state index contributed by atoms with van der Waals surface area (Å²) in [6.45, 7) is 15.4. The van der Waals surface area contributed by atoms with Crippen molar-refractivity contribution in [3.05, 3.63) is 71.8 Å². The van der Waals surface area contributed by atoms with Gasteiger partial charge in [0.1, 0.15) is 5.69 Å². The molecule has 7 nitrogen and oxygen atoms in total. The summed E-state index contributed by atoms with van der Waals surface area (Å²) < 4.78 is 45.6. The summed E-state index contributed by atoms with van der Waals surface area (Å²) in [5.74, 6) is 0.123. The Morgan fingerprint density at radius 3 is 2.26 bits per heavy atom. The minimum atomic E-state index is -4.65. The van der Waals surface area contributed by atoms with E-state index in [1.165, 1.54) is 11.8 Å². The molecule has 0 saturated carbocycles. The summed E-state index contributed by atoms with van der Waals surface area (Å²) in [5.41, 5.74) is -0.0784. The Morgan fingerprint density at radius 2 is 1.79 bits per heavy atom. The number of halogens is 3. The standard InChI is InChI=1S/C21H23F3N4O2.C5H10O.C2H6/c1-14(2)28-18-16(19(25-28)21(22,23)24)9-11-27(20(18)30)12-10-17(29)26(3)13-15-7-5-4-6-8-15;1-4-5(2)6-3;1-2/h4-8H,1,9-13H2,2-3H3;2,4H2,1,3H3;1-2H3. The van der Waals surface area contributed by atoms with Gasteiger partial charge in [0.05, 0.1) is 12.9 Å². The Hall–Kier alpha value is -3.56. The van der Waals surface area contributed by atoms with Crippen LogP contribution in [0.15, 0.2) is 49.2 Å². The molecular formula is C28H39F3N4O3. The van der Waals surface area contributed by atoms with Crippen LogP contribution >= 0.6 is 0 Å². The van der Waals surface area contributed by atoms with Gasteiger partial charge in [-0.15, -0.1) is 0 Å². The highest BCUT2D eigenvalue weighted by Crippen LogP contribution is 2.35. The lowest BCUT2D eigenvalue weighted by molar-refractivity contribution is -0.142. The van der Waals surface area contributed by atoms with Gasteiger partial charge in [-0.1, -0.05) is 64.3 Å². The molecule has 0 unspecified atom stereocenters. The van der Waals surface area contributed by atoms with Crippen molar-refractivity contribution < 1.29 is 27.5 Å². The van der Waals surface area contributed by atoms with Crippen LogP contribution in [0.2, 0.25) is 0 Å². The van der Waals surface area contributed by atoms with Crippen molar-refractivity contribution in [1.29, 1.82) is 0 Å². The number of rotatable bonds is 8. The summed E-state index contributed by atoms with van der Waals surface area (Å²) in [6, 6.07) is 9.49. The van der Waals surface area contributed by atoms with Gasteiger partial charge in [0.25, 0.3) is 5.91 Å². The molecule has 1 aromatic heterocycles. The third-order valence-electron chi connectivity index (χ3n) is 5.70. The van der Waals surface area contributed by atoms with Crippen molar-refractivity contribution in [2.24, 2.45) is 0 Å². The van der Waals surface area contributed by atoms with Gasteiger partial charge in [-0.3, -0.25) is 9.59 Å².